The second kappa shape index (κ2) is 5.84. The summed E-state index contributed by atoms with van der Waals surface area (Å²) >= 11 is 1.56. The molecule has 0 saturated heterocycles. The van der Waals surface area contributed by atoms with E-state index in [-0.39, 0.29) is 5.97 Å². The molecule has 0 fully saturated rings. The Morgan fingerprint density at radius 2 is 1.54 bits per heavy atom. The molecule has 2 nitrogen and oxygen atoms in total. The summed E-state index contributed by atoms with van der Waals surface area (Å²) in [6, 6.07) is 25.9. The fourth-order valence-electron chi connectivity index (χ4n) is 3.01. The maximum absolute atomic E-state index is 12.5. The Morgan fingerprint density at radius 3 is 2.25 bits per heavy atom. The van der Waals surface area contributed by atoms with E-state index in [1.165, 1.54) is 0 Å². The van der Waals surface area contributed by atoms with Crippen molar-refractivity contribution >= 4 is 17.7 Å². The molecule has 3 aromatic rings. The van der Waals surface area contributed by atoms with Crippen molar-refractivity contribution in [1.29, 1.82) is 0 Å². The predicted molar refractivity (Wildman–Crippen MR) is 96.1 cm³/mol. The fourth-order valence-corrected chi connectivity index (χ4v) is 4.29. The van der Waals surface area contributed by atoms with Gasteiger partial charge >= 0.3 is 5.97 Å². The summed E-state index contributed by atoms with van der Waals surface area (Å²) in [5.41, 5.74) is 3.65. The number of hydrogen-bond donors (Lipinski definition) is 0. The summed E-state index contributed by atoms with van der Waals surface area (Å²) in [4.78, 5) is 12.7. The Bertz CT molecular complexity index is 890. The van der Waals surface area contributed by atoms with Gasteiger partial charge in [0.05, 0.1) is 5.56 Å². The highest BCUT2D eigenvalue weighted by atomic mass is 32.2. The topological polar surface area (TPSA) is 26.3 Å². The van der Waals surface area contributed by atoms with E-state index >= 15 is 0 Å². The van der Waals surface area contributed by atoms with Crippen molar-refractivity contribution in [3.8, 4) is 0 Å². The van der Waals surface area contributed by atoms with Crippen molar-refractivity contribution in [1.82, 2.24) is 0 Å². The molecule has 0 saturated carbocycles. The first-order chi connectivity index (χ1) is 11.7. The number of esters is 1. The van der Waals surface area contributed by atoms with E-state index < -0.39 is 4.93 Å². The van der Waals surface area contributed by atoms with Gasteiger partial charge in [0, 0.05) is 16.0 Å². The summed E-state index contributed by atoms with van der Waals surface area (Å²) in [5.74, 6) is -0.266. The molecule has 24 heavy (non-hydrogen) atoms. The number of cyclic esters (lactones) is 1. The minimum atomic E-state index is -0.846. The van der Waals surface area contributed by atoms with Crippen LogP contribution in [0, 0.1) is 6.92 Å². The lowest BCUT2D eigenvalue weighted by atomic mass is 9.97. The first-order valence-electron chi connectivity index (χ1n) is 7.83. The first kappa shape index (κ1) is 15.0. The van der Waals surface area contributed by atoms with Gasteiger partial charge in [0.1, 0.15) is 0 Å². The Hall–Kier alpha value is -2.52. The van der Waals surface area contributed by atoms with Gasteiger partial charge in [0.25, 0.3) is 0 Å². The van der Waals surface area contributed by atoms with Crippen LogP contribution in [-0.2, 0) is 9.67 Å². The lowest BCUT2D eigenvalue weighted by molar-refractivity contribution is 0.0384. The van der Waals surface area contributed by atoms with Gasteiger partial charge in [-0.05, 0) is 31.2 Å². The lowest BCUT2D eigenvalue weighted by Crippen LogP contribution is -2.23. The molecule has 0 bridgehead atoms. The number of hydrogen-bond acceptors (Lipinski definition) is 3. The van der Waals surface area contributed by atoms with Crippen LogP contribution in [0.3, 0.4) is 0 Å². The maximum atomic E-state index is 12.5. The van der Waals surface area contributed by atoms with E-state index in [0.29, 0.717) is 5.56 Å². The molecular weight excluding hydrogens is 316 g/mol. The third-order valence-electron chi connectivity index (χ3n) is 4.14. The Labute approximate surface area is 145 Å². The number of fused-ring (bicyclic) bond motifs is 1. The molecular formula is C21H16O2S. The summed E-state index contributed by atoms with van der Waals surface area (Å²) < 4.78 is 5.99. The van der Waals surface area contributed by atoms with Crippen LogP contribution in [0.25, 0.3) is 0 Å². The highest BCUT2D eigenvalue weighted by molar-refractivity contribution is 8.00. The molecule has 0 amide bonds. The van der Waals surface area contributed by atoms with Crippen LogP contribution in [0.5, 0.6) is 0 Å². The number of aryl methyl sites for hydroxylation is 1. The molecule has 1 aliphatic rings. The third-order valence-corrected chi connectivity index (χ3v) is 5.48. The number of ether oxygens (including phenoxy) is 1. The smallest absolute Gasteiger partial charge is 0.340 e. The summed E-state index contributed by atoms with van der Waals surface area (Å²) in [7, 11) is 0. The van der Waals surface area contributed by atoms with Crippen LogP contribution < -0.4 is 0 Å². The van der Waals surface area contributed by atoms with E-state index in [1.807, 2.05) is 79.7 Å². The van der Waals surface area contributed by atoms with Gasteiger partial charge in [-0.3, -0.25) is 0 Å². The molecule has 118 valence electrons. The number of carbonyl (C=O) groups is 1. The molecule has 1 atom stereocenters. The SMILES string of the molecule is Cc1ccc2c(c1)C(Sc1ccccc1)(c1ccccc1)OC2=O. The minimum Gasteiger partial charge on any atom is -0.435 e. The monoisotopic (exact) mass is 332 g/mol. The average molecular weight is 332 g/mol. The molecule has 3 heteroatoms. The van der Waals surface area contributed by atoms with E-state index in [1.54, 1.807) is 11.8 Å². The van der Waals surface area contributed by atoms with Crippen LogP contribution in [0.2, 0.25) is 0 Å². The Balaban J connectivity index is 1.94. The molecule has 3 aromatic carbocycles. The van der Waals surface area contributed by atoms with Crippen molar-refractivity contribution in [2.75, 3.05) is 0 Å². The Morgan fingerprint density at radius 1 is 0.875 bits per heavy atom. The van der Waals surface area contributed by atoms with Gasteiger partial charge in [-0.2, -0.15) is 0 Å². The molecule has 0 spiro atoms. The second-order valence-electron chi connectivity index (χ2n) is 5.84. The van der Waals surface area contributed by atoms with E-state index in [2.05, 4.69) is 6.07 Å². The number of thioether (sulfide) groups is 1. The van der Waals surface area contributed by atoms with Gasteiger partial charge < -0.3 is 4.74 Å². The standard InChI is InChI=1S/C21H16O2S/c1-15-12-13-18-19(14-15)21(23-20(18)22,16-8-4-2-5-9-16)24-17-10-6-3-7-11-17/h2-14H,1H3. The van der Waals surface area contributed by atoms with Crippen molar-refractivity contribution in [3.05, 3.63) is 101 Å². The maximum Gasteiger partial charge on any atom is 0.340 e. The summed E-state index contributed by atoms with van der Waals surface area (Å²) in [6.45, 7) is 2.03. The normalized spacial score (nSPS) is 19.0. The highest BCUT2D eigenvalue weighted by Gasteiger charge is 2.48. The van der Waals surface area contributed by atoms with Gasteiger partial charge in [0.2, 0.25) is 4.93 Å². The highest BCUT2D eigenvalue weighted by Crippen LogP contribution is 2.52. The number of rotatable bonds is 3. The van der Waals surface area contributed by atoms with E-state index in [9.17, 15) is 4.79 Å². The zero-order valence-corrected chi connectivity index (χ0v) is 14.0. The van der Waals surface area contributed by atoms with Gasteiger partial charge in [-0.15, -0.1) is 0 Å². The van der Waals surface area contributed by atoms with Crippen molar-refractivity contribution in [2.24, 2.45) is 0 Å². The van der Waals surface area contributed by atoms with E-state index in [0.717, 1.165) is 21.6 Å². The van der Waals surface area contributed by atoms with Gasteiger partial charge in [-0.25, -0.2) is 4.79 Å². The quantitative estimate of drug-likeness (QED) is 0.620. The Kier molecular flexibility index (Phi) is 3.66. The van der Waals surface area contributed by atoms with Crippen LogP contribution in [0.4, 0.5) is 0 Å². The molecule has 0 N–H and O–H groups in total. The van der Waals surface area contributed by atoms with Gasteiger partial charge in [-0.1, -0.05) is 71.9 Å². The van der Waals surface area contributed by atoms with E-state index in [4.69, 9.17) is 4.74 Å². The third kappa shape index (κ3) is 2.42. The molecule has 0 aliphatic carbocycles. The summed E-state index contributed by atoms with van der Waals surface area (Å²) in [6.07, 6.45) is 0. The zero-order chi connectivity index (χ0) is 16.6. The van der Waals surface area contributed by atoms with Gasteiger partial charge in [0.15, 0.2) is 0 Å². The molecule has 0 aromatic heterocycles. The van der Waals surface area contributed by atoms with Crippen LogP contribution in [0.1, 0.15) is 27.0 Å². The van der Waals surface area contributed by atoms with Crippen molar-refractivity contribution < 1.29 is 9.53 Å². The fraction of sp³-hybridized carbons (Fsp3) is 0.0952. The predicted octanol–water partition coefficient (Wildman–Crippen LogP) is 5.16. The molecule has 4 rings (SSSR count). The largest absolute Gasteiger partial charge is 0.435 e. The lowest BCUT2D eigenvalue weighted by Gasteiger charge is -2.29. The van der Waals surface area contributed by atoms with Crippen molar-refractivity contribution in [3.63, 3.8) is 0 Å². The zero-order valence-electron chi connectivity index (χ0n) is 13.2. The van der Waals surface area contributed by atoms with Crippen LogP contribution in [-0.4, -0.2) is 5.97 Å². The first-order valence-corrected chi connectivity index (χ1v) is 8.65. The molecule has 1 heterocycles. The average Bonchev–Trinajstić information content (AvgIpc) is 2.89. The molecule has 0 radical (unpaired) electrons. The molecule has 1 aliphatic heterocycles. The van der Waals surface area contributed by atoms with Crippen LogP contribution >= 0.6 is 11.8 Å². The summed E-state index contributed by atoms with van der Waals surface area (Å²) in [5, 5.41) is 0. The minimum absolute atomic E-state index is 0.266. The van der Waals surface area contributed by atoms with Crippen LogP contribution in [0.15, 0.2) is 83.8 Å². The number of carbonyl (C=O) groups excluding carboxylic acids is 1. The molecule has 1 unspecified atom stereocenters. The number of benzene rings is 3. The second-order valence-corrected chi connectivity index (χ2v) is 7.09. The van der Waals surface area contributed by atoms with Crippen molar-refractivity contribution in [2.45, 2.75) is 16.8 Å².